The normalized spacial score (nSPS) is 27.0. The lowest BCUT2D eigenvalue weighted by molar-refractivity contribution is 0.00897. The van der Waals surface area contributed by atoms with Crippen LogP contribution in [0.1, 0.15) is 6.92 Å². The second-order valence-corrected chi connectivity index (χ2v) is 6.25. The zero-order valence-electron chi connectivity index (χ0n) is 9.80. The van der Waals surface area contributed by atoms with Crippen molar-refractivity contribution in [2.45, 2.75) is 18.4 Å². The zero-order chi connectivity index (χ0) is 12.7. The van der Waals surface area contributed by atoms with Gasteiger partial charge in [0.15, 0.2) is 0 Å². The fourth-order valence-electron chi connectivity index (χ4n) is 1.91. The minimum absolute atomic E-state index is 0.150. The lowest BCUT2D eigenvalue weighted by Gasteiger charge is -2.33. The van der Waals surface area contributed by atoms with E-state index in [0.717, 1.165) is 0 Å². The molecule has 0 fully saturated rings. The van der Waals surface area contributed by atoms with Gasteiger partial charge in [0.05, 0.1) is 26.0 Å². The Morgan fingerprint density at radius 3 is 3.12 bits per heavy atom. The van der Waals surface area contributed by atoms with E-state index in [1.807, 2.05) is 6.92 Å². The lowest BCUT2D eigenvalue weighted by atomic mass is 9.92. The third kappa shape index (κ3) is 2.28. The first kappa shape index (κ1) is 12.3. The molecular formula is C9H16N4O3S. The van der Waals surface area contributed by atoms with Crippen molar-refractivity contribution in [2.75, 3.05) is 20.3 Å². The molecule has 2 rings (SSSR count). The maximum atomic E-state index is 11.5. The molecule has 0 aliphatic carbocycles. The van der Waals surface area contributed by atoms with E-state index in [0.29, 0.717) is 25.6 Å². The SMILES string of the molecule is COCC1(C)COc2c(S(=N)(N)=O)cnn2C1. The maximum Gasteiger partial charge on any atom is 0.230 e. The summed E-state index contributed by atoms with van der Waals surface area (Å²) < 4.78 is 31.1. The number of nitrogens with one attached hydrogen (secondary N) is 1. The summed E-state index contributed by atoms with van der Waals surface area (Å²) in [7, 11) is -1.66. The lowest BCUT2D eigenvalue weighted by Crippen LogP contribution is -2.39. The Balaban J connectivity index is 2.34. The quantitative estimate of drug-likeness (QED) is 0.810. The minimum atomic E-state index is -3.29. The van der Waals surface area contributed by atoms with E-state index in [9.17, 15) is 4.21 Å². The summed E-state index contributed by atoms with van der Waals surface area (Å²) in [6.07, 6.45) is 1.34. The topological polar surface area (TPSA) is 103 Å². The summed E-state index contributed by atoms with van der Waals surface area (Å²) in [6.45, 7) is 3.57. The Bertz CT molecular complexity index is 524. The number of methoxy groups -OCH3 is 1. The molecule has 3 N–H and O–H groups in total. The fraction of sp³-hybridized carbons (Fsp3) is 0.667. The van der Waals surface area contributed by atoms with Crippen molar-refractivity contribution >= 4 is 9.92 Å². The van der Waals surface area contributed by atoms with Crippen molar-refractivity contribution in [3.8, 4) is 5.88 Å². The zero-order valence-corrected chi connectivity index (χ0v) is 10.6. The predicted octanol–water partition coefficient (Wildman–Crippen LogP) is 0.208. The van der Waals surface area contributed by atoms with E-state index in [4.69, 9.17) is 19.4 Å². The van der Waals surface area contributed by atoms with Gasteiger partial charge in [0.1, 0.15) is 14.8 Å². The van der Waals surface area contributed by atoms with Crippen LogP contribution in [0.2, 0.25) is 0 Å². The Hall–Kier alpha value is -1.12. The van der Waals surface area contributed by atoms with Crippen LogP contribution in [0.5, 0.6) is 5.88 Å². The molecule has 17 heavy (non-hydrogen) atoms. The van der Waals surface area contributed by atoms with E-state index < -0.39 is 9.92 Å². The average Bonchev–Trinajstić information content (AvgIpc) is 2.59. The summed E-state index contributed by atoms with van der Waals surface area (Å²) in [5, 5.41) is 9.35. The molecule has 2 atom stereocenters. The van der Waals surface area contributed by atoms with E-state index >= 15 is 0 Å². The molecular weight excluding hydrogens is 244 g/mol. The number of aromatic nitrogens is 2. The summed E-state index contributed by atoms with van der Waals surface area (Å²) in [5.74, 6) is 0.334. The molecule has 0 radical (unpaired) electrons. The van der Waals surface area contributed by atoms with E-state index in [1.54, 1.807) is 11.8 Å². The van der Waals surface area contributed by atoms with Crippen molar-refractivity contribution in [1.29, 1.82) is 4.78 Å². The highest BCUT2D eigenvalue weighted by Gasteiger charge is 2.34. The second kappa shape index (κ2) is 3.97. The molecule has 0 amide bonds. The highest BCUT2D eigenvalue weighted by molar-refractivity contribution is 7.90. The predicted molar refractivity (Wildman–Crippen MR) is 61.0 cm³/mol. The highest BCUT2D eigenvalue weighted by Crippen LogP contribution is 2.33. The molecule has 1 aromatic heterocycles. The van der Waals surface area contributed by atoms with Gasteiger partial charge in [-0.15, -0.1) is 0 Å². The van der Waals surface area contributed by atoms with E-state index in [1.165, 1.54) is 6.20 Å². The number of nitrogens with two attached hydrogens (primary N) is 1. The number of nitrogens with zero attached hydrogens (tertiary/aromatic N) is 2. The molecule has 0 saturated carbocycles. The molecule has 2 heterocycles. The van der Waals surface area contributed by atoms with E-state index in [2.05, 4.69) is 5.10 Å². The molecule has 0 bridgehead atoms. The Labute approximate surface area is 100.0 Å². The second-order valence-electron chi connectivity index (χ2n) is 4.60. The van der Waals surface area contributed by atoms with Crippen molar-refractivity contribution < 1.29 is 13.7 Å². The monoisotopic (exact) mass is 260 g/mol. The van der Waals surface area contributed by atoms with Gasteiger partial charge in [0.25, 0.3) is 0 Å². The van der Waals surface area contributed by atoms with Gasteiger partial charge in [-0.1, -0.05) is 6.92 Å². The number of ether oxygens (including phenoxy) is 2. The molecule has 0 saturated heterocycles. The summed E-state index contributed by atoms with van der Waals surface area (Å²) >= 11 is 0. The maximum absolute atomic E-state index is 11.5. The summed E-state index contributed by atoms with van der Waals surface area (Å²) in [4.78, 5) is 0.150. The van der Waals surface area contributed by atoms with Gasteiger partial charge in [-0.25, -0.2) is 18.8 Å². The van der Waals surface area contributed by atoms with Gasteiger partial charge < -0.3 is 9.47 Å². The number of rotatable bonds is 3. The van der Waals surface area contributed by atoms with Crippen LogP contribution in [0.15, 0.2) is 11.1 Å². The first-order valence-electron chi connectivity index (χ1n) is 5.10. The van der Waals surface area contributed by atoms with Crippen LogP contribution >= 0.6 is 0 Å². The third-order valence-corrected chi connectivity index (χ3v) is 3.60. The minimum Gasteiger partial charge on any atom is -0.476 e. The number of hydrogen-bond acceptors (Lipinski definition) is 5. The average molecular weight is 260 g/mol. The fourth-order valence-corrected chi connectivity index (χ4v) is 2.54. The number of hydrogen-bond donors (Lipinski definition) is 2. The van der Waals surface area contributed by atoms with Crippen molar-refractivity contribution in [2.24, 2.45) is 10.6 Å². The molecule has 1 aliphatic rings. The van der Waals surface area contributed by atoms with Crippen LogP contribution in [-0.2, 0) is 21.2 Å². The first-order valence-corrected chi connectivity index (χ1v) is 6.72. The Kier molecular flexibility index (Phi) is 2.88. The molecule has 1 aliphatic heterocycles. The first-order chi connectivity index (χ1) is 7.86. The van der Waals surface area contributed by atoms with Crippen LogP contribution < -0.4 is 9.88 Å². The smallest absolute Gasteiger partial charge is 0.230 e. The summed E-state index contributed by atoms with van der Waals surface area (Å²) in [5.41, 5.74) is -0.178. The van der Waals surface area contributed by atoms with Crippen LogP contribution in [-0.4, -0.2) is 34.3 Å². The molecule has 7 nitrogen and oxygen atoms in total. The van der Waals surface area contributed by atoms with Crippen molar-refractivity contribution in [3.05, 3.63) is 6.20 Å². The molecule has 96 valence electrons. The van der Waals surface area contributed by atoms with Crippen LogP contribution in [0, 0.1) is 10.2 Å². The molecule has 2 unspecified atom stereocenters. The van der Waals surface area contributed by atoms with Crippen molar-refractivity contribution in [1.82, 2.24) is 9.78 Å². The van der Waals surface area contributed by atoms with Crippen molar-refractivity contribution in [3.63, 3.8) is 0 Å². The molecule has 8 heteroatoms. The molecule has 0 aromatic carbocycles. The molecule has 1 aromatic rings. The number of fused-ring (bicyclic) bond motifs is 1. The van der Waals surface area contributed by atoms with Crippen LogP contribution in [0.3, 0.4) is 0 Å². The van der Waals surface area contributed by atoms with Gasteiger partial charge in [0.2, 0.25) is 5.88 Å². The Morgan fingerprint density at radius 2 is 2.53 bits per heavy atom. The van der Waals surface area contributed by atoms with Crippen LogP contribution in [0.4, 0.5) is 0 Å². The van der Waals surface area contributed by atoms with Gasteiger partial charge >= 0.3 is 0 Å². The standard InChI is InChI=1S/C9H16N4O3S/c1-9(5-15-2)4-13-8(16-6-9)7(3-12-13)17(10,11)14/h3H,4-6H2,1-2H3,(H3,10,11,14). The van der Waals surface area contributed by atoms with Gasteiger partial charge in [-0.2, -0.15) is 5.10 Å². The Morgan fingerprint density at radius 1 is 1.82 bits per heavy atom. The largest absolute Gasteiger partial charge is 0.476 e. The summed E-state index contributed by atoms with van der Waals surface area (Å²) in [6, 6.07) is 0. The van der Waals surface area contributed by atoms with Gasteiger partial charge in [0, 0.05) is 12.5 Å². The van der Waals surface area contributed by atoms with E-state index in [-0.39, 0.29) is 10.3 Å². The van der Waals surface area contributed by atoms with Gasteiger partial charge in [-0.05, 0) is 0 Å². The van der Waals surface area contributed by atoms with Gasteiger partial charge in [-0.3, -0.25) is 0 Å². The highest BCUT2D eigenvalue weighted by atomic mass is 32.2. The van der Waals surface area contributed by atoms with Crippen LogP contribution in [0.25, 0.3) is 0 Å². The molecule has 0 spiro atoms. The third-order valence-electron chi connectivity index (χ3n) is 2.67.